The summed E-state index contributed by atoms with van der Waals surface area (Å²) >= 11 is 0. The van der Waals surface area contributed by atoms with Gasteiger partial charge in [0.1, 0.15) is 6.04 Å². The molecule has 7 nitrogen and oxygen atoms in total. The van der Waals surface area contributed by atoms with E-state index in [9.17, 15) is 9.59 Å². The number of amides is 3. The summed E-state index contributed by atoms with van der Waals surface area (Å²) in [5.74, 6) is -0.121. The third-order valence-corrected chi connectivity index (χ3v) is 6.47. The molecule has 0 radical (unpaired) electrons. The molecule has 1 aliphatic rings. The van der Waals surface area contributed by atoms with E-state index in [1.165, 1.54) is 11.3 Å². The molecule has 0 aromatic heterocycles. The van der Waals surface area contributed by atoms with E-state index in [1.807, 2.05) is 44.2 Å². The molecule has 0 bridgehead atoms. The fourth-order valence-corrected chi connectivity index (χ4v) is 4.34. The summed E-state index contributed by atoms with van der Waals surface area (Å²) in [6.45, 7) is 12.4. The lowest BCUT2D eigenvalue weighted by atomic mass is 10.0. The first-order valence-electron chi connectivity index (χ1n) is 12.8. The van der Waals surface area contributed by atoms with Crippen LogP contribution in [0.1, 0.15) is 37.8 Å². The molecule has 190 valence electrons. The average molecular weight is 480 g/mol. The van der Waals surface area contributed by atoms with Crippen LogP contribution in [0.25, 0.3) is 0 Å². The van der Waals surface area contributed by atoms with Gasteiger partial charge >= 0.3 is 6.03 Å². The molecule has 0 spiro atoms. The van der Waals surface area contributed by atoms with Crippen molar-refractivity contribution in [2.75, 3.05) is 44.2 Å². The van der Waals surface area contributed by atoms with Crippen molar-refractivity contribution in [1.29, 1.82) is 0 Å². The van der Waals surface area contributed by atoms with E-state index in [2.05, 4.69) is 56.9 Å². The Balaban J connectivity index is 1.30. The molecule has 1 unspecified atom stereocenters. The second-order valence-electron chi connectivity index (χ2n) is 9.70. The van der Waals surface area contributed by atoms with E-state index in [4.69, 9.17) is 0 Å². The van der Waals surface area contributed by atoms with Crippen molar-refractivity contribution in [2.24, 2.45) is 5.92 Å². The number of unbranched alkanes of at least 4 members (excludes halogenated alkanes) is 1. The Hall–Kier alpha value is -3.06. The molecule has 1 atom stereocenters. The van der Waals surface area contributed by atoms with Gasteiger partial charge in [-0.25, -0.2) is 4.79 Å². The van der Waals surface area contributed by atoms with Gasteiger partial charge in [0.15, 0.2) is 0 Å². The maximum atomic E-state index is 12.7. The van der Waals surface area contributed by atoms with Crippen LogP contribution in [0.2, 0.25) is 0 Å². The predicted octanol–water partition coefficient (Wildman–Crippen LogP) is 3.54. The number of urea groups is 1. The first-order chi connectivity index (χ1) is 16.9. The molecule has 1 aliphatic heterocycles. The second-order valence-corrected chi connectivity index (χ2v) is 9.70. The predicted molar refractivity (Wildman–Crippen MR) is 143 cm³/mol. The van der Waals surface area contributed by atoms with Crippen LogP contribution >= 0.6 is 0 Å². The zero-order chi connectivity index (χ0) is 25.0. The lowest BCUT2D eigenvalue weighted by Gasteiger charge is -2.36. The second kappa shape index (κ2) is 13.7. The lowest BCUT2D eigenvalue weighted by molar-refractivity contribution is -0.123. The molecule has 2 aromatic rings. The number of nitrogens with one attached hydrogen (secondary N) is 3. The van der Waals surface area contributed by atoms with Gasteiger partial charge in [-0.05, 0) is 55.5 Å². The number of aryl methyl sites for hydroxylation is 1. The van der Waals surface area contributed by atoms with Crippen molar-refractivity contribution < 1.29 is 9.59 Å². The average Bonchev–Trinajstić information content (AvgIpc) is 2.86. The smallest absolute Gasteiger partial charge is 0.315 e. The fraction of sp³-hybridized carbons (Fsp3) is 0.500. The number of benzene rings is 2. The van der Waals surface area contributed by atoms with E-state index in [0.29, 0.717) is 13.1 Å². The van der Waals surface area contributed by atoms with E-state index < -0.39 is 6.04 Å². The van der Waals surface area contributed by atoms with Crippen molar-refractivity contribution >= 4 is 17.6 Å². The largest absolute Gasteiger partial charge is 0.369 e. The van der Waals surface area contributed by atoms with Crippen molar-refractivity contribution in [2.45, 2.75) is 46.2 Å². The summed E-state index contributed by atoms with van der Waals surface area (Å²) < 4.78 is 0. The highest BCUT2D eigenvalue weighted by atomic mass is 16.2. The van der Waals surface area contributed by atoms with Gasteiger partial charge in [0.2, 0.25) is 5.91 Å². The third kappa shape index (κ3) is 8.91. The third-order valence-electron chi connectivity index (χ3n) is 6.47. The van der Waals surface area contributed by atoms with Crippen LogP contribution in [0.4, 0.5) is 10.5 Å². The maximum absolute atomic E-state index is 12.7. The van der Waals surface area contributed by atoms with Crippen molar-refractivity contribution in [3.8, 4) is 0 Å². The summed E-state index contributed by atoms with van der Waals surface area (Å²) in [5, 5.41) is 8.66. The van der Waals surface area contributed by atoms with Crippen LogP contribution in [0.5, 0.6) is 0 Å². The van der Waals surface area contributed by atoms with Gasteiger partial charge in [0.25, 0.3) is 0 Å². The van der Waals surface area contributed by atoms with Gasteiger partial charge in [-0.15, -0.1) is 0 Å². The standard InChI is InChI=1S/C28H41N5O2/c1-22(2)26(31-28(35)30-21-24-11-5-4-6-12-24)27(34)29-14-7-8-15-32-16-18-33(19-17-32)25-13-9-10-23(3)20-25/h4-6,9-13,20,22,26H,7-8,14-19,21H2,1-3H3,(H,29,34)(H2,30,31,35). The summed E-state index contributed by atoms with van der Waals surface area (Å²) in [7, 11) is 0. The van der Waals surface area contributed by atoms with Gasteiger partial charge in [-0.2, -0.15) is 0 Å². The van der Waals surface area contributed by atoms with E-state index in [0.717, 1.165) is 51.1 Å². The molecule has 1 heterocycles. The summed E-state index contributed by atoms with van der Waals surface area (Å²) in [6, 6.07) is 17.6. The molecular formula is C28H41N5O2. The van der Waals surface area contributed by atoms with Crippen LogP contribution in [0, 0.1) is 12.8 Å². The monoisotopic (exact) mass is 479 g/mol. The Labute approximate surface area is 210 Å². The Morgan fingerprint density at radius 3 is 2.34 bits per heavy atom. The van der Waals surface area contributed by atoms with Crippen molar-refractivity contribution in [3.05, 3.63) is 65.7 Å². The number of piperazine rings is 1. The van der Waals surface area contributed by atoms with Gasteiger partial charge in [-0.3, -0.25) is 9.69 Å². The Bertz CT molecular complexity index is 926. The number of hydrogen-bond acceptors (Lipinski definition) is 4. The highest BCUT2D eigenvalue weighted by Crippen LogP contribution is 2.18. The van der Waals surface area contributed by atoms with Crippen LogP contribution in [-0.4, -0.2) is 62.1 Å². The highest BCUT2D eigenvalue weighted by Gasteiger charge is 2.24. The molecule has 3 rings (SSSR count). The molecule has 0 aliphatic carbocycles. The van der Waals surface area contributed by atoms with E-state index in [1.54, 1.807) is 0 Å². The number of rotatable bonds is 11. The molecule has 35 heavy (non-hydrogen) atoms. The number of carbonyl (C=O) groups excluding carboxylic acids is 2. The molecule has 7 heteroatoms. The van der Waals surface area contributed by atoms with Gasteiger partial charge in [0.05, 0.1) is 0 Å². The molecule has 2 aromatic carbocycles. The summed E-state index contributed by atoms with van der Waals surface area (Å²) in [5.41, 5.74) is 3.63. The topological polar surface area (TPSA) is 76.7 Å². The van der Waals surface area contributed by atoms with Crippen LogP contribution < -0.4 is 20.9 Å². The van der Waals surface area contributed by atoms with Gasteiger partial charge in [-0.1, -0.05) is 56.3 Å². The zero-order valence-corrected chi connectivity index (χ0v) is 21.4. The first-order valence-corrected chi connectivity index (χ1v) is 12.8. The number of carbonyl (C=O) groups is 2. The SMILES string of the molecule is Cc1cccc(N2CCN(CCCCNC(=O)C(NC(=O)NCc3ccccc3)C(C)C)CC2)c1. The minimum Gasteiger partial charge on any atom is -0.369 e. The summed E-state index contributed by atoms with van der Waals surface area (Å²) in [6.07, 6.45) is 1.97. The fourth-order valence-electron chi connectivity index (χ4n) is 4.34. The Kier molecular flexibility index (Phi) is 10.4. The van der Waals surface area contributed by atoms with Crippen molar-refractivity contribution in [1.82, 2.24) is 20.9 Å². The van der Waals surface area contributed by atoms with Gasteiger partial charge < -0.3 is 20.9 Å². The molecule has 3 N–H and O–H groups in total. The van der Waals surface area contributed by atoms with Crippen LogP contribution in [0.3, 0.4) is 0 Å². The lowest BCUT2D eigenvalue weighted by Crippen LogP contribution is -2.52. The van der Waals surface area contributed by atoms with E-state index in [-0.39, 0.29) is 17.9 Å². The number of anilines is 1. The zero-order valence-electron chi connectivity index (χ0n) is 21.4. The molecule has 0 saturated carbocycles. The molecule has 1 fully saturated rings. The minimum atomic E-state index is -0.555. The van der Waals surface area contributed by atoms with E-state index >= 15 is 0 Å². The van der Waals surface area contributed by atoms with Crippen LogP contribution in [-0.2, 0) is 11.3 Å². The van der Waals surface area contributed by atoms with Crippen molar-refractivity contribution in [3.63, 3.8) is 0 Å². The summed E-state index contributed by atoms with van der Waals surface area (Å²) in [4.78, 5) is 30.0. The Morgan fingerprint density at radius 2 is 1.66 bits per heavy atom. The maximum Gasteiger partial charge on any atom is 0.315 e. The normalized spacial score (nSPS) is 15.0. The molecule has 3 amide bonds. The highest BCUT2D eigenvalue weighted by molar-refractivity contribution is 5.87. The van der Waals surface area contributed by atoms with Gasteiger partial charge in [0, 0.05) is 45.0 Å². The Morgan fingerprint density at radius 1 is 0.914 bits per heavy atom. The number of nitrogens with zero attached hydrogens (tertiary/aromatic N) is 2. The molecular weight excluding hydrogens is 438 g/mol. The van der Waals surface area contributed by atoms with Crippen LogP contribution in [0.15, 0.2) is 54.6 Å². The quantitative estimate of drug-likeness (QED) is 0.431. The minimum absolute atomic E-state index is 0.00201. The first kappa shape index (κ1) is 26.5. The molecule has 1 saturated heterocycles. The number of hydrogen-bond donors (Lipinski definition) is 3.